The molecule has 1 fully saturated rings. The summed E-state index contributed by atoms with van der Waals surface area (Å²) in [6.07, 6.45) is 1.35. The Hall–Kier alpha value is -2.64. The van der Waals surface area contributed by atoms with Crippen molar-refractivity contribution in [2.75, 3.05) is 5.73 Å². The van der Waals surface area contributed by atoms with Crippen LogP contribution in [0.5, 0.6) is 0 Å². The van der Waals surface area contributed by atoms with Gasteiger partial charge in [-0.15, -0.1) is 0 Å². The highest BCUT2D eigenvalue weighted by atomic mass is 16.6. The van der Waals surface area contributed by atoms with Gasteiger partial charge in [-0.1, -0.05) is 19.4 Å². The number of nitrogens with one attached hydrogen (secondary N) is 1. The van der Waals surface area contributed by atoms with Crippen molar-refractivity contribution in [1.29, 1.82) is 0 Å². The summed E-state index contributed by atoms with van der Waals surface area (Å²) >= 11 is 0. The minimum Gasteiger partial charge on any atom is -0.393 e. The van der Waals surface area contributed by atoms with E-state index in [2.05, 4.69) is 5.32 Å². The first-order valence-electron chi connectivity index (χ1n) is 6.58. The predicted molar refractivity (Wildman–Crippen MR) is 75.3 cm³/mol. The van der Waals surface area contributed by atoms with Crippen LogP contribution in [0.3, 0.4) is 0 Å². The largest absolute Gasteiger partial charge is 0.393 e. The molecule has 0 spiro atoms. The number of hydrogen-bond acceptors (Lipinski definition) is 5. The third-order valence-electron chi connectivity index (χ3n) is 3.32. The van der Waals surface area contributed by atoms with Crippen molar-refractivity contribution in [3.05, 3.63) is 33.9 Å². The average molecular weight is 292 g/mol. The van der Waals surface area contributed by atoms with Crippen molar-refractivity contribution in [3.63, 3.8) is 0 Å². The normalized spacial score (nSPS) is 18.0. The van der Waals surface area contributed by atoms with Gasteiger partial charge in [-0.05, 0) is 18.1 Å². The number of amides is 3. The SMILES string of the molecule is CCCC1NC(=O)N(Cc2ccc(N)c([N+](=O)[O-])c2)C1=O. The van der Waals surface area contributed by atoms with Gasteiger partial charge in [0.2, 0.25) is 0 Å². The molecule has 1 heterocycles. The van der Waals surface area contributed by atoms with E-state index in [-0.39, 0.29) is 23.8 Å². The molecule has 1 aliphatic heterocycles. The number of rotatable bonds is 5. The van der Waals surface area contributed by atoms with Crippen LogP contribution in [0.2, 0.25) is 0 Å². The monoisotopic (exact) mass is 292 g/mol. The van der Waals surface area contributed by atoms with E-state index in [1.54, 1.807) is 6.07 Å². The Morgan fingerprint density at radius 2 is 2.14 bits per heavy atom. The maximum atomic E-state index is 12.1. The van der Waals surface area contributed by atoms with Crippen LogP contribution in [-0.4, -0.2) is 27.8 Å². The summed E-state index contributed by atoms with van der Waals surface area (Å²) in [4.78, 5) is 35.2. The van der Waals surface area contributed by atoms with Crippen molar-refractivity contribution in [3.8, 4) is 0 Å². The van der Waals surface area contributed by atoms with E-state index < -0.39 is 17.0 Å². The first kappa shape index (κ1) is 14.8. The molecule has 1 aromatic rings. The number of benzene rings is 1. The van der Waals surface area contributed by atoms with Crippen LogP contribution in [0.25, 0.3) is 0 Å². The van der Waals surface area contributed by atoms with Crippen molar-refractivity contribution in [2.24, 2.45) is 0 Å². The van der Waals surface area contributed by atoms with Crippen molar-refractivity contribution in [1.82, 2.24) is 10.2 Å². The molecule has 1 aromatic carbocycles. The number of carbonyl (C=O) groups is 2. The topological polar surface area (TPSA) is 119 Å². The second kappa shape index (κ2) is 5.78. The zero-order valence-electron chi connectivity index (χ0n) is 11.5. The molecule has 1 unspecified atom stereocenters. The molecule has 1 saturated heterocycles. The van der Waals surface area contributed by atoms with E-state index in [1.165, 1.54) is 12.1 Å². The number of nitro benzene ring substituents is 1. The van der Waals surface area contributed by atoms with Gasteiger partial charge < -0.3 is 11.1 Å². The molecule has 112 valence electrons. The molecule has 3 N–H and O–H groups in total. The molecule has 1 aliphatic rings. The summed E-state index contributed by atoms with van der Waals surface area (Å²) in [5, 5.41) is 13.4. The first-order valence-corrected chi connectivity index (χ1v) is 6.58. The maximum Gasteiger partial charge on any atom is 0.325 e. The van der Waals surface area contributed by atoms with Gasteiger partial charge in [0.15, 0.2) is 0 Å². The Morgan fingerprint density at radius 3 is 2.76 bits per heavy atom. The maximum absolute atomic E-state index is 12.1. The Morgan fingerprint density at radius 1 is 1.43 bits per heavy atom. The lowest BCUT2D eigenvalue weighted by Gasteiger charge is -2.13. The zero-order valence-corrected chi connectivity index (χ0v) is 11.5. The molecule has 0 saturated carbocycles. The number of nitrogen functional groups attached to an aromatic ring is 1. The van der Waals surface area contributed by atoms with Crippen LogP contribution in [0.1, 0.15) is 25.3 Å². The second-order valence-corrected chi connectivity index (χ2v) is 4.87. The fourth-order valence-corrected chi connectivity index (χ4v) is 2.24. The highest BCUT2D eigenvalue weighted by Gasteiger charge is 2.37. The minimum absolute atomic E-state index is 0.00794. The molecule has 0 aliphatic carbocycles. The summed E-state index contributed by atoms with van der Waals surface area (Å²) in [5.74, 6) is -0.304. The van der Waals surface area contributed by atoms with Gasteiger partial charge >= 0.3 is 6.03 Å². The summed E-state index contributed by atoms with van der Waals surface area (Å²) < 4.78 is 0. The number of carbonyl (C=O) groups excluding carboxylic acids is 2. The predicted octanol–water partition coefficient (Wildman–Crippen LogP) is 1.40. The molecule has 0 bridgehead atoms. The Bertz CT molecular complexity index is 602. The molecule has 2 rings (SSSR count). The highest BCUT2D eigenvalue weighted by Crippen LogP contribution is 2.24. The van der Waals surface area contributed by atoms with E-state index in [0.717, 1.165) is 11.3 Å². The summed E-state index contributed by atoms with van der Waals surface area (Å²) in [6, 6.07) is 3.26. The van der Waals surface area contributed by atoms with Crippen LogP contribution in [0.15, 0.2) is 18.2 Å². The van der Waals surface area contributed by atoms with Gasteiger partial charge in [0.25, 0.3) is 11.6 Å². The summed E-state index contributed by atoms with van der Waals surface area (Å²) in [7, 11) is 0. The molecule has 0 radical (unpaired) electrons. The third kappa shape index (κ3) is 2.93. The number of nitrogens with two attached hydrogens (primary N) is 1. The number of hydrogen-bond donors (Lipinski definition) is 2. The fourth-order valence-electron chi connectivity index (χ4n) is 2.24. The second-order valence-electron chi connectivity index (χ2n) is 4.87. The standard InChI is InChI=1S/C13H16N4O4/c1-2-3-10-12(18)16(13(19)15-10)7-8-4-5-9(14)11(6-8)17(20)21/h4-6,10H,2-3,7,14H2,1H3,(H,15,19). The third-order valence-corrected chi connectivity index (χ3v) is 3.32. The van der Waals surface area contributed by atoms with Crippen molar-refractivity contribution >= 4 is 23.3 Å². The van der Waals surface area contributed by atoms with Crippen LogP contribution < -0.4 is 11.1 Å². The molecule has 1 atom stereocenters. The van der Waals surface area contributed by atoms with Crippen LogP contribution in [0, 0.1) is 10.1 Å². The minimum atomic E-state index is -0.593. The Balaban J connectivity index is 2.18. The lowest BCUT2D eigenvalue weighted by molar-refractivity contribution is -0.384. The van der Waals surface area contributed by atoms with Gasteiger partial charge in [-0.25, -0.2) is 4.79 Å². The molecular formula is C13H16N4O4. The molecule has 8 heteroatoms. The van der Waals surface area contributed by atoms with E-state index >= 15 is 0 Å². The van der Waals surface area contributed by atoms with Crippen LogP contribution in [0.4, 0.5) is 16.2 Å². The van der Waals surface area contributed by atoms with E-state index in [1.807, 2.05) is 6.92 Å². The zero-order chi connectivity index (χ0) is 15.6. The molecule has 21 heavy (non-hydrogen) atoms. The lowest BCUT2D eigenvalue weighted by Crippen LogP contribution is -2.31. The molecular weight excluding hydrogens is 276 g/mol. The number of urea groups is 1. The fraction of sp³-hybridized carbons (Fsp3) is 0.385. The van der Waals surface area contributed by atoms with Gasteiger partial charge in [0.05, 0.1) is 11.5 Å². The Kier molecular flexibility index (Phi) is 4.06. The summed E-state index contributed by atoms with van der Waals surface area (Å²) in [5.41, 5.74) is 5.81. The number of anilines is 1. The van der Waals surface area contributed by atoms with Crippen LogP contribution >= 0.6 is 0 Å². The number of nitro groups is 1. The number of nitrogens with zero attached hydrogens (tertiary/aromatic N) is 2. The lowest BCUT2D eigenvalue weighted by atomic mass is 10.1. The van der Waals surface area contributed by atoms with Crippen molar-refractivity contribution in [2.45, 2.75) is 32.4 Å². The van der Waals surface area contributed by atoms with E-state index in [4.69, 9.17) is 5.73 Å². The highest BCUT2D eigenvalue weighted by molar-refractivity contribution is 6.04. The summed E-state index contributed by atoms with van der Waals surface area (Å²) in [6.45, 7) is 1.91. The van der Waals surface area contributed by atoms with Crippen LogP contribution in [-0.2, 0) is 11.3 Å². The van der Waals surface area contributed by atoms with Gasteiger partial charge in [0, 0.05) is 6.07 Å². The van der Waals surface area contributed by atoms with E-state index in [9.17, 15) is 19.7 Å². The van der Waals surface area contributed by atoms with Crippen molar-refractivity contribution < 1.29 is 14.5 Å². The van der Waals surface area contributed by atoms with Gasteiger partial charge in [-0.2, -0.15) is 0 Å². The number of imide groups is 1. The molecule has 8 nitrogen and oxygen atoms in total. The molecule has 3 amide bonds. The van der Waals surface area contributed by atoms with Gasteiger partial charge in [-0.3, -0.25) is 19.8 Å². The Labute approximate surface area is 121 Å². The van der Waals surface area contributed by atoms with Gasteiger partial charge in [0.1, 0.15) is 11.7 Å². The smallest absolute Gasteiger partial charge is 0.325 e. The average Bonchev–Trinajstić information content (AvgIpc) is 2.68. The quantitative estimate of drug-likeness (QED) is 0.368. The van der Waals surface area contributed by atoms with E-state index in [0.29, 0.717) is 12.0 Å². The first-order chi connectivity index (χ1) is 9.93. The molecule has 0 aromatic heterocycles.